The predicted octanol–water partition coefficient (Wildman–Crippen LogP) is 1.48. The van der Waals surface area contributed by atoms with Crippen molar-refractivity contribution in [2.75, 3.05) is 6.54 Å². The molecule has 1 aromatic heterocycles. The third kappa shape index (κ3) is 2.38. The number of aromatic nitrogens is 1. The number of hydrogen-bond donors (Lipinski definition) is 1. The lowest BCUT2D eigenvalue weighted by Gasteiger charge is -2.22. The fraction of sp³-hybridized carbons (Fsp3) is 0.333. The number of nitrogens with zero attached hydrogens (tertiary/aromatic N) is 3. The van der Waals surface area contributed by atoms with Crippen LogP contribution in [0.1, 0.15) is 23.2 Å². The van der Waals surface area contributed by atoms with Crippen molar-refractivity contribution >= 4 is 22.7 Å². The lowest BCUT2D eigenvalue weighted by Crippen LogP contribution is -2.44. The van der Waals surface area contributed by atoms with Gasteiger partial charge in [-0.15, -0.1) is 0 Å². The molecule has 1 aromatic carbocycles. The molecule has 1 aliphatic carbocycles. The molecule has 3 unspecified atom stereocenters. The minimum Gasteiger partial charge on any atom is -0.343 e. The van der Waals surface area contributed by atoms with E-state index in [4.69, 9.17) is 5.26 Å². The molecular weight excluding hydrogens is 304 g/mol. The summed E-state index contributed by atoms with van der Waals surface area (Å²) in [4.78, 5) is 30.7. The van der Waals surface area contributed by atoms with Gasteiger partial charge < -0.3 is 10.2 Å². The molecule has 6 nitrogen and oxygen atoms in total. The van der Waals surface area contributed by atoms with Gasteiger partial charge in [0.2, 0.25) is 5.91 Å². The molecule has 2 amide bonds. The number of nitrogens with one attached hydrogen (secondary N) is 1. The van der Waals surface area contributed by atoms with E-state index in [9.17, 15) is 9.59 Å². The van der Waals surface area contributed by atoms with Crippen molar-refractivity contribution in [2.45, 2.75) is 24.9 Å². The monoisotopic (exact) mass is 320 g/mol. The van der Waals surface area contributed by atoms with Gasteiger partial charge in [-0.05, 0) is 30.9 Å². The van der Waals surface area contributed by atoms with Crippen LogP contribution in [0.4, 0.5) is 0 Å². The number of pyridine rings is 1. The van der Waals surface area contributed by atoms with Gasteiger partial charge in [0, 0.05) is 17.6 Å². The summed E-state index contributed by atoms with van der Waals surface area (Å²) in [5.41, 5.74) is 1.23. The van der Waals surface area contributed by atoms with Crippen molar-refractivity contribution in [3.63, 3.8) is 0 Å². The second kappa shape index (κ2) is 5.60. The van der Waals surface area contributed by atoms with Gasteiger partial charge in [-0.25, -0.2) is 0 Å². The van der Waals surface area contributed by atoms with Crippen molar-refractivity contribution in [3.8, 4) is 6.07 Å². The average Bonchev–Trinajstić information content (AvgIpc) is 3.28. The molecule has 6 heteroatoms. The van der Waals surface area contributed by atoms with Crippen molar-refractivity contribution < 1.29 is 9.59 Å². The largest absolute Gasteiger partial charge is 0.343 e. The first-order valence-corrected chi connectivity index (χ1v) is 8.02. The number of fused-ring (bicyclic) bond motifs is 2. The van der Waals surface area contributed by atoms with Crippen molar-refractivity contribution in [1.29, 1.82) is 5.26 Å². The van der Waals surface area contributed by atoms with Gasteiger partial charge in [0.25, 0.3) is 5.91 Å². The number of amides is 2. The predicted molar refractivity (Wildman–Crippen MR) is 86.8 cm³/mol. The van der Waals surface area contributed by atoms with Crippen LogP contribution in [0.5, 0.6) is 0 Å². The van der Waals surface area contributed by atoms with Crippen molar-refractivity contribution in [3.05, 3.63) is 42.1 Å². The summed E-state index contributed by atoms with van der Waals surface area (Å²) >= 11 is 0. The minimum absolute atomic E-state index is 0.0864. The summed E-state index contributed by atoms with van der Waals surface area (Å²) in [6.07, 6.45) is 3.32. The van der Waals surface area contributed by atoms with Gasteiger partial charge >= 0.3 is 0 Å². The van der Waals surface area contributed by atoms with Crippen LogP contribution in [0, 0.1) is 17.2 Å². The Kier molecular flexibility index (Phi) is 3.42. The van der Waals surface area contributed by atoms with Crippen LogP contribution in [-0.2, 0) is 4.79 Å². The van der Waals surface area contributed by atoms with Gasteiger partial charge in [-0.3, -0.25) is 14.6 Å². The van der Waals surface area contributed by atoms with E-state index in [1.165, 1.54) is 0 Å². The zero-order chi connectivity index (χ0) is 16.7. The van der Waals surface area contributed by atoms with E-state index in [0.717, 1.165) is 23.7 Å². The Balaban J connectivity index is 1.47. The highest BCUT2D eigenvalue weighted by atomic mass is 16.2. The van der Waals surface area contributed by atoms with Gasteiger partial charge in [0.05, 0.1) is 23.7 Å². The third-order valence-corrected chi connectivity index (χ3v) is 4.84. The Labute approximate surface area is 139 Å². The Morgan fingerprint density at radius 2 is 2.12 bits per heavy atom. The number of para-hydroxylation sites is 1. The Morgan fingerprint density at radius 1 is 1.29 bits per heavy atom. The van der Waals surface area contributed by atoms with Crippen LogP contribution in [0.2, 0.25) is 0 Å². The third-order valence-electron chi connectivity index (χ3n) is 4.84. The number of hydrogen-bond acceptors (Lipinski definition) is 4. The van der Waals surface area contributed by atoms with Crippen LogP contribution in [0.3, 0.4) is 0 Å². The molecule has 1 saturated heterocycles. The second-order valence-corrected chi connectivity index (χ2v) is 6.30. The van der Waals surface area contributed by atoms with Crippen molar-refractivity contribution in [1.82, 2.24) is 15.2 Å². The van der Waals surface area contributed by atoms with E-state index in [2.05, 4.69) is 16.4 Å². The molecule has 3 atom stereocenters. The average molecular weight is 320 g/mol. The van der Waals surface area contributed by atoms with Crippen LogP contribution in [0.25, 0.3) is 10.9 Å². The SMILES string of the molecule is N#CC1CC2CC2N1C(=O)CNC(=O)c1ccnc2ccccc12. The zero-order valence-electron chi connectivity index (χ0n) is 13.0. The number of benzene rings is 1. The van der Waals surface area contributed by atoms with Crippen LogP contribution in [0.15, 0.2) is 36.5 Å². The van der Waals surface area contributed by atoms with Crippen molar-refractivity contribution in [2.24, 2.45) is 5.92 Å². The van der Waals surface area contributed by atoms with Crippen LogP contribution < -0.4 is 5.32 Å². The molecule has 2 fully saturated rings. The molecule has 24 heavy (non-hydrogen) atoms. The lowest BCUT2D eigenvalue weighted by molar-refractivity contribution is -0.131. The van der Waals surface area contributed by atoms with Gasteiger partial charge in [-0.2, -0.15) is 5.26 Å². The zero-order valence-corrected chi connectivity index (χ0v) is 13.0. The molecule has 0 radical (unpaired) electrons. The highest BCUT2D eigenvalue weighted by Crippen LogP contribution is 2.47. The van der Waals surface area contributed by atoms with Gasteiger partial charge in [0.15, 0.2) is 0 Å². The highest BCUT2D eigenvalue weighted by Gasteiger charge is 2.53. The minimum atomic E-state index is -0.347. The first kappa shape index (κ1) is 14.6. The second-order valence-electron chi connectivity index (χ2n) is 6.30. The summed E-state index contributed by atoms with van der Waals surface area (Å²) in [7, 11) is 0. The Bertz CT molecular complexity index is 867. The summed E-state index contributed by atoms with van der Waals surface area (Å²) in [5.74, 6) is -0.0151. The number of piperidine rings is 1. The molecular formula is C18H16N4O2. The summed E-state index contributed by atoms with van der Waals surface area (Å²) < 4.78 is 0. The molecule has 4 rings (SSSR count). The number of carbonyl (C=O) groups is 2. The summed E-state index contributed by atoms with van der Waals surface area (Å²) in [6.45, 7) is -0.0864. The van der Waals surface area contributed by atoms with Gasteiger partial charge in [0.1, 0.15) is 6.04 Å². The maximum atomic E-state index is 12.4. The molecule has 2 heterocycles. The normalized spacial score (nSPS) is 24.3. The number of nitriles is 1. The Hall–Kier alpha value is -2.94. The molecule has 120 valence electrons. The number of carbonyl (C=O) groups excluding carboxylic acids is 2. The highest BCUT2D eigenvalue weighted by molar-refractivity contribution is 6.06. The molecule has 0 spiro atoms. The fourth-order valence-electron chi connectivity index (χ4n) is 3.57. The number of rotatable bonds is 3. The summed E-state index contributed by atoms with van der Waals surface area (Å²) in [5, 5.41) is 12.6. The Morgan fingerprint density at radius 3 is 2.96 bits per heavy atom. The maximum absolute atomic E-state index is 12.4. The first-order valence-electron chi connectivity index (χ1n) is 8.02. The van der Waals surface area contributed by atoms with E-state index >= 15 is 0 Å². The molecule has 2 aliphatic rings. The van der Waals surface area contributed by atoms with E-state index in [0.29, 0.717) is 11.5 Å². The smallest absolute Gasteiger partial charge is 0.252 e. The van der Waals surface area contributed by atoms with E-state index < -0.39 is 0 Å². The van der Waals surface area contributed by atoms with Crippen LogP contribution in [-0.4, -0.2) is 40.3 Å². The lowest BCUT2D eigenvalue weighted by atomic mass is 10.1. The molecule has 1 N–H and O–H groups in total. The fourth-order valence-corrected chi connectivity index (χ4v) is 3.57. The number of likely N-dealkylation sites (tertiary alicyclic amines) is 1. The topological polar surface area (TPSA) is 86.1 Å². The van der Waals surface area contributed by atoms with E-state index in [1.807, 2.05) is 24.3 Å². The first-order chi connectivity index (χ1) is 11.7. The van der Waals surface area contributed by atoms with Crippen LogP contribution >= 0.6 is 0 Å². The molecule has 1 aliphatic heterocycles. The standard InChI is InChI=1S/C18H16N4O2/c19-9-12-7-11-8-16(11)22(12)17(23)10-21-18(24)14-5-6-20-15-4-2-1-3-13(14)15/h1-6,11-12,16H,7-8,10H2,(H,21,24). The van der Waals surface area contributed by atoms with E-state index in [-0.39, 0.29) is 30.4 Å². The maximum Gasteiger partial charge on any atom is 0.252 e. The quantitative estimate of drug-likeness (QED) is 0.928. The van der Waals surface area contributed by atoms with Gasteiger partial charge in [-0.1, -0.05) is 18.2 Å². The van der Waals surface area contributed by atoms with E-state index in [1.54, 1.807) is 17.2 Å². The summed E-state index contributed by atoms with van der Waals surface area (Å²) in [6, 6.07) is 11.1. The molecule has 2 aromatic rings. The molecule has 0 bridgehead atoms. The molecule has 1 saturated carbocycles.